The number of nitrogens with zero attached hydrogens (tertiary/aromatic N) is 1. The Kier molecular flexibility index (Phi) is 5.57. The minimum Gasteiger partial charge on any atom is -0.369 e. The van der Waals surface area contributed by atoms with Crippen LogP contribution in [0.4, 0.5) is 0 Å². The summed E-state index contributed by atoms with van der Waals surface area (Å²) in [7, 11) is 0. The van der Waals surface area contributed by atoms with Crippen LogP contribution in [0.2, 0.25) is 0 Å². The van der Waals surface area contributed by atoms with Gasteiger partial charge in [-0.05, 0) is 31.6 Å². The molecule has 0 saturated carbocycles. The van der Waals surface area contributed by atoms with Gasteiger partial charge < -0.3 is 16.4 Å². The third-order valence-electron chi connectivity index (χ3n) is 3.92. The molecular weight excluding hydrogens is 254 g/mol. The molecule has 0 radical (unpaired) electrons. The molecule has 3 atom stereocenters. The van der Waals surface area contributed by atoms with Crippen LogP contribution in [0, 0.1) is 11.3 Å². The summed E-state index contributed by atoms with van der Waals surface area (Å²) in [5.41, 5.74) is 11.5. The number of piperidine rings is 1. The highest BCUT2D eigenvalue weighted by Gasteiger charge is 2.32. The molecule has 5 heteroatoms. The Balaban J connectivity index is 2.58. The van der Waals surface area contributed by atoms with Crippen molar-refractivity contribution in [2.45, 2.75) is 65.5 Å². The maximum atomic E-state index is 12.4. The highest BCUT2D eigenvalue weighted by molar-refractivity contribution is 5.80. The number of primary amides is 1. The molecule has 4 N–H and O–H groups in total. The summed E-state index contributed by atoms with van der Waals surface area (Å²) in [6, 6.07) is 0.0311. The van der Waals surface area contributed by atoms with Crippen molar-refractivity contribution < 1.29 is 9.59 Å². The fourth-order valence-electron chi connectivity index (χ4n) is 2.89. The fraction of sp³-hybridized carbons (Fsp3) is 0.867. The van der Waals surface area contributed by atoms with E-state index < -0.39 is 0 Å². The Morgan fingerprint density at radius 3 is 2.40 bits per heavy atom. The Morgan fingerprint density at radius 2 is 1.90 bits per heavy atom. The van der Waals surface area contributed by atoms with E-state index in [4.69, 9.17) is 11.5 Å². The lowest BCUT2D eigenvalue weighted by molar-refractivity contribution is -0.138. The van der Waals surface area contributed by atoms with Gasteiger partial charge in [0, 0.05) is 25.0 Å². The zero-order valence-electron chi connectivity index (χ0n) is 13.2. The smallest absolute Gasteiger partial charge is 0.224 e. The highest BCUT2D eigenvalue weighted by Crippen LogP contribution is 2.25. The van der Waals surface area contributed by atoms with Gasteiger partial charge in [-0.1, -0.05) is 20.8 Å². The lowest BCUT2D eigenvalue weighted by Crippen LogP contribution is -2.49. The topological polar surface area (TPSA) is 89.4 Å². The molecule has 1 heterocycles. The van der Waals surface area contributed by atoms with E-state index in [0.717, 1.165) is 19.3 Å². The number of hydrogen-bond acceptors (Lipinski definition) is 3. The van der Waals surface area contributed by atoms with Gasteiger partial charge in [-0.2, -0.15) is 0 Å². The summed E-state index contributed by atoms with van der Waals surface area (Å²) in [4.78, 5) is 25.4. The highest BCUT2D eigenvalue weighted by atomic mass is 16.2. The van der Waals surface area contributed by atoms with Gasteiger partial charge in [0.25, 0.3) is 0 Å². The molecule has 1 saturated heterocycles. The monoisotopic (exact) mass is 283 g/mol. The number of carbonyl (C=O) groups excluding carboxylic acids is 2. The van der Waals surface area contributed by atoms with Gasteiger partial charge in [-0.25, -0.2) is 0 Å². The Hall–Kier alpha value is -1.10. The van der Waals surface area contributed by atoms with Crippen LogP contribution in [0.1, 0.15) is 53.4 Å². The molecule has 0 aromatic rings. The first-order valence-electron chi connectivity index (χ1n) is 7.44. The van der Waals surface area contributed by atoms with Crippen LogP contribution in [0.25, 0.3) is 0 Å². The number of carbonyl (C=O) groups is 2. The lowest BCUT2D eigenvalue weighted by atomic mass is 9.86. The number of hydrogen-bond donors (Lipinski definition) is 2. The molecule has 2 amide bonds. The van der Waals surface area contributed by atoms with E-state index in [1.165, 1.54) is 0 Å². The van der Waals surface area contributed by atoms with E-state index in [1.807, 2.05) is 6.92 Å². The van der Waals surface area contributed by atoms with Crippen LogP contribution in [-0.4, -0.2) is 35.3 Å². The molecule has 1 aliphatic rings. The van der Waals surface area contributed by atoms with Crippen LogP contribution in [-0.2, 0) is 9.59 Å². The Labute approximate surface area is 122 Å². The molecule has 1 aliphatic heterocycles. The van der Waals surface area contributed by atoms with Crippen LogP contribution in [0.15, 0.2) is 0 Å². The minimum absolute atomic E-state index is 0.0419. The van der Waals surface area contributed by atoms with Crippen LogP contribution in [0.3, 0.4) is 0 Å². The van der Waals surface area contributed by atoms with Gasteiger partial charge in [0.1, 0.15) is 0 Å². The van der Waals surface area contributed by atoms with E-state index >= 15 is 0 Å². The Bertz CT molecular complexity index is 363. The van der Waals surface area contributed by atoms with Crippen molar-refractivity contribution in [2.24, 2.45) is 22.8 Å². The molecular formula is C15H29N3O2. The second-order valence-electron chi connectivity index (χ2n) is 7.30. The third kappa shape index (κ3) is 5.12. The van der Waals surface area contributed by atoms with E-state index in [0.29, 0.717) is 13.0 Å². The van der Waals surface area contributed by atoms with Crippen molar-refractivity contribution in [1.29, 1.82) is 0 Å². The van der Waals surface area contributed by atoms with E-state index in [1.54, 1.807) is 4.90 Å². The lowest BCUT2D eigenvalue weighted by Gasteiger charge is -2.37. The predicted molar refractivity (Wildman–Crippen MR) is 79.8 cm³/mol. The number of amides is 2. The zero-order chi connectivity index (χ0) is 15.5. The summed E-state index contributed by atoms with van der Waals surface area (Å²) in [5, 5.41) is 0. The molecule has 1 rings (SSSR count). The van der Waals surface area contributed by atoms with Crippen molar-refractivity contribution in [2.75, 3.05) is 6.54 Å². The zero-order valence-corrected chi connectivity index (χ0v) is 13.2. The van der Waals surface area contributed by atoms with Crippen LogP contribution in [0.5, 0.6) is 0 Å². The van der Waals surface area contributed by atoms with Crippen molar-refractivity contribution >= 4 is 11.8 Å². The summed E-state index contributed by atoms with van der Waals surface area (Å²) in [6.07, 6.45) is 2.75. The average Bonchev–Trinajstić information content (AvgIpc) is 2.26. The summed E-state index contributed by atoms with van der Waals surface area (Å²) < 4.78 is 0. The molecule has 116 valence electrons. The van der Waals surface area contributed by atoms with Gasteiger partial charge in [0.05, 0.1) is 5.92 Å². The van der Waals surface area contributed by atoms with E-state index in [2.05, 4.69) is 20.8 Å². The quantitative estimate of drug-likeness (QED) is 0.813. The minimum atomic E-state index is -0.311. The maximum Gasteiger partial charge on any atom is 0.224 e. The molecule has 0 aliphatic carbocycles. The summed E-state index contributed by atoms with van der Waals surface area (Å²) in [6.45, 7) is 8.81. The van der Waals surface area contributed by atoms with E-state index in [9.17, 15) is 9.59 Å². The van der Waals surface area contributed by atoms with Crippen molar-refractivity contribution in [3.05, 3.63) is 0 Å². The number of rotatable bonds is 4. The first-order chi connectivity index (χ1) is 9.10. The molecule has 0 spiro atoms. The second-order valence-corrected chi connectivity index (χ2v) is 7.30. The molecule has 5 nitrogen and oxygen atoms in total. The number of nitrogens with two attached hydrogens (primary N) is 2. The van der Waals surface area contributed by atoms with Crippen LogP contribution >= 0.6 is 0 Å². The van der Waals surface area contributed by atoms with Gasteiger partial charge in [0.15, 0.2) is 0 Å². The molecule has 3 unspecified atom stereocenters. The van der Waals surface area contributed by atoms with Gasteiger partial charge in [-0.3, -0.25) is 9.59 Å². The molecule has 0 aromatic heterocycles. The Morgan fingerprint density at radius 1 is 1.30 bits per heavy atom. The molecule has 1 fully saturated rings. The van der Waals surface area contributed by atoms with Gasteiger partial charge in [0.2, 0.25) is 11.8 Å². The van der Waals surface area contributed by atoms with Crippen LogP contribution < -0.4 is 11.5 Å². The van der Waals surface area contributed by atoms with Crippen molar-refractivity contribution in [3.63, 3.8) is 0 Å². The maximum absolute atomic E-state index is 12.4. The standard InChI is InChI=1S/C15H29N3O2/c1-10-5-6-11(14(17)20)9-18(10)13(19)7-12(16)8-15(2,3)4/h10-12H,5-9,16H2,1-4H3,(H2,17,20). The predicted octanol–water partition coefficient (Wildman–Crippen LogP) is 1.25. The second kappa shape index (κ2) is 6.57. The number of likely N-dealkylation sites (tertiary alicyclic amines) is 1. The first kappa shape index (κ1) is 17.0. The normalized spacial score (nSPS) is 25.4. The fourth-order valence-corrected chi connectivity index (χ4v) is 2.89. The molecule has 20 heavy (non-hydrogen) atoms. The largest absolute Gasteiger partial charge is 0.369 e. The molecule has 0 aromatic carbocycles. The molecule has 0 bridgehead atoms. The van der Waals surface area contributed by atoms with Crippen molar-refractivity contribution in [1.82, 2.24) is 4.90 Å². The summed E-state index contributed by atoms with van der Waals surface area (Å²) >= 11 is 0. The van der Waals surface area contributed by atoms with Gasteiger partial charge in [-0.15, -0.1) is 0 Å². The van der Waals surface area contributed by atoms with E-state index in [-0.39, 0.29) is 35.2 Å². The third-order valence-corrected chi connectivity index (χ3v) is 3.92. The average molecular weight is 283 g/mol. The first-order valence-corrected chi connectivity index (χ1v) is 7.44. The van der Waals surface area contributed by atoms with Crippen molar-refractivity contribution in [3.8, 4) is 0 Å². The van der Waals surface area contributed by atoms with Gasteiger partial charge >= 0.3 is 0 Å². The summed E-state index contributed by atoms with van der Waals surface area (Å²) in [5.74, 6) is -0.483. The SMILES string of the molecule is CC1CCC(C(N)=O)CN1C(=O)CC(N)CC(C)(C)C.